The van der Waals surface area contributed by atoms with Crippen LogP contribution in [0.4, 0.5) is 0 Å². The van der Waals surface area contributed by atoms with Gasteiger partial charge in [-0.25, -0.2) is 0 Å². The highest BCUT2D eigenvalue weighted by molar-refractivity contribution is 6.74. The van der Waals surface area contributed by atoms with E-state index in [1.807, 2.05) is 0 Å². The average molecular weight is 1090 g/mol. The summed E-state index contributed by atoms with van der Waals surface area (Å²) in [6, 6.07) is -0.380. The Morgan fingerprint density at radius 2 is 0.840 bits per heavy atom. The number of ether oxygens (including phenoxy) is 3. The number of unbranched alkanes of at least 4 members (excludes halogenated alkanes) is 33. The van der Waals surface area contributed by atoms with Crippen molar-refractivity contribution >= 4 is 22.5 Å². The Bertz CT molecular complexity index is 1330. The largest absolute Gasteiger partial charge is 0.411 e. The predicted octanol–water partition coefficient (Wildman–Crippen LogP) is 21.0. The van der Waals surface area contributed by atoms with Crippen LogP contribution in [0.5, 0.6) is 0 Å². The van der Waals surface area contributed by atoms with Crippen LogP contribution in [0.3, 0.4) is 0 Å². The van der Waals surface area contributed by atoms with Crippen molar-refractivity contribution in [3.05, 3.63) is 0 Å². The molecule has 1 heterocycles. The molecule has 1 aliphatic rings. The van der Waals surface area contributed by atoms with E-state index in [0.717, 1.165) is 25.7 Å². The first-order valence-electron chi connectivity index (χ1n) is 33.0. The molecule has 0 aromatic carbocycles. The molecule has 0 aliphatic carbocycles. The van der Waals surface area contributed by atoms with Crippen molar-refractivity contribution in [2.24, 2.45) is 17.8 Å². The lowest BCUT2D eigenvalue weighted by atomic mass is 9.79. The number of carbonyl (C=O) groups is 1. The highest BCUT2D eigenvalue weighted by Gasteiger charge is 2.48. The molecule has 7 nitrogen and oxygen atoms in total. The highest BCUT2D eigenvalue weighted by Crippen LogP contribution is 2.42. The van der Waals surface area contributed by atoms with Gasteiger partial charge in [0.25, 0.3) is 0 Å². The van der Waals surface area contributed by atoms with E-state index in [1.165, 1.54) is 205 Å². The third-order valence-electron chi connectivity index (χ3n) is 18.7. The van der Waals surface area contributed by atoms with Gasteiger partial charge in [0, 0.05) is 19.4 Å². The van der Waals surface area contributed by atoms with Crippen LogP contribution >= 0.6 is 0 Å². The lowest BCUT2D eigenvalue weighted by molar-refractivity contribution is -0.258. The molecule has 0 bridgehead atoms. The summed E-state index contributed by atoms with van der Waals surface area (Å²) in [5.74, 6) is 1.05. The van der Waals surface area contributed by atoms with Crippen molar-refractivity contribution in [3.63, 3.8) is 0 Å². The van der Waals surface area contributed by atoms with Crippen molar-refractivity contribution in [1.29, 1.82) is 0 Å². The third kappa shape index (κ3) is 33.3. The molecule has 8 atom stereocenters. The molecule has 1 saturated heterocycles. The average Bonchev–Trinajstić information content (AvgIpc) is 3.34. The molecule has 9 heteroatoms. The van der Waals surface area contributed by atoms with Crippen LogP contribution in [0, 0.1) is 17.8 Å². The standard InChI is InChI=1S/C66H135NO6Si2/c1-17-19-21-23-25-27-29-31-32-33-34-35-36-37-38-39-40-41-43-45-47-49-51-53-62(68)67-59(54-70-64-58(5)56(3)57(4)61(71-64)55-69-12)63(73-75(15,16)66(9,10)11)60(72-74(13,14)65(6,7)8)52-50-48-46-44-42-30-28-26-24-22-20-18-2/h56-61,63-64H,17-55H2,1-16H3,(H,67,68)/t56-,57+,58?,59-,60+,61?,63-,64+/m0/s1. The van der Waals surface area contributed by atoms with Crippen LogP contribution in [-0.2, 0) is 27.9 Å². The first-order chi connectivity index (χ1) is 35.6. The summed E-state index contributed by atoms with van der Waals surface area (Å²) < 4.78 is 34.5. The summed E-state index contributed by atoms with van der Waals surface area (Å²) in [4.78, 5) is 14.3. The maximum atomic E-state index is 14.3. The fourth-order valence-corrected chi connectivity index (χ4v) is 13.5. The minimum absolute atomic E-state index is 0.0239. The Balaban J connectivity index is 2.99. The summed E-state index contributed by atoms with van der Waals surface area (Å²) in [6.07, 6.45) is 47.7. The Labute approximate surface area is 472 Å². The van der Waals surface area contributed by atoms with Gasteiger partial charge in [0.1, 0.15) is 0 Å². The number of hydrogen-bond donors (Lipinski definition) is 1. The highest BCUT2D eigenvalue weighted by atomic mass is 28.4. The normalized spacial score (nSPS) is 20.1. The van der Waals surface area contributed by atoms with Gasteiger partial charge in [-0.05, 0) is 60.9 Å². The van der Waals surface area contributed by atoms with Crippen LogP contribution in [0.1, 0.15) is 314 Å². The lowest BCUT2D eigenvalue weighted by Gasteiger charge is -2.48. The smallest absolute Gasteiger partial charge is 0.220 e. The quantitative estimate of drug-likeness (QED) is 0.0483. The fourth-order valence-electron chi connectivity index (χ4n) is 10.8. The van der Waals surface area contributed by atoms with Gasteiger partial charge in [-0.3, -0.25) is 4.79 Å². The van der Waals surface area contributed by atoms with Crippen LogP contribution in [0.2, 0.25) is 36.3 Å². The molecule has 1 N–H and O–H groups in total. The van der Waals surface area contributed by atoms with Crippen LogP contribution in [0.25, 0.3) is 0 Å². The van der Waals surface area contributed by atoms with Gasteiger partial charge < -0.3 is 28.4 Å². The molecule has 1 rings (SSSR count). The van der Waals surface area contributed by atoms with Crippen molar-refractivity contribution < 1.29 is 27.9 Å². The van der Waals surface area contributed by atoms with Crippen LogP contribution in [0.15, 0.2) is 0 Å². The molecule has 0 spiro atoms. The Kier molecular flexibility index (Phi) is 41.2. The maximum absolute atomic E-state index is 14.3. The topological polar surface area (TPSA) is 75.3 Å². The monoisotopic (exact) mass is 1090 g/mol. The predicted molar refractivity (Wildman–Crippen MR) is 332 cm³/mol. The minimum Gasteiger partial charge on any atom is -0.411 e. The molecular weight excluding hydrogens is 959 g/mol. The van der Waals surface area contributed by atoms with Gasteiger partial charge in [-0.1, -0.05) is 294 Å². The van der Waals surface area contributed by atoms with Gasteiger partial charge in [0.05, 0.1) is 37.6 Å². The molecule has 0 aromatic heterocycles. The Morgan fingerprint density at radius 3 is 1.20 bits per heavy atom. The third-order valence-corrected chi connectivity index (χ3v) is 27.7. The van der Waals surface area contributed by atoms with E-state index in [4.69, 9.17) is 23.1 Å². The zero-order chi connectivity index (χ0) is 56.0. The number of amides is 1. The molecule has 448 valence electrons. The molecule has 75 heavy (non-hydrogen) atoms. The SMILES string of the molecule is CCCCCCCCCCCCCCCCCCCCCCCCCC(=O)N[C@@H](CO[C@@H]1OC(COC)[C@H](C)[C@H](C)C1C)[C@H](O[Si](C)(C)C(C)(C)C)[C@@H](CCCCCCCCCCCCCC)O[Si](C)(C)C(C)(C)C. The van der Waals surface area contributed by atoms with E-state index in [0.29, 0.717) is 31.5 Å². The first-order valence-corrected chi connectivity index (χ1v) is 38.9. The second-order valence-corrected chi connectivity index (χ2v) is 37.1. The van der Waals surface area contributed by atoms with Crippen molar-refractivity contribution in [3.8, 4) is 0 Å². The number of rotatable bonds is 49. The van der Waals surface area contributed by atoms with E-state index in [9.17, 15) is 4.79 Å². The Morgan fingerprint density at radius 1 is 0.493 bits per heavy atom. The molecule has 0 radical (unpaired) electrons. The summed E-state index contributed by atoms with van der Waals surface area (Å²) >= 11 is 0. The summed E-state index contributed by atoms with van der Waals surface area (Å²) in [5.41, 5.74) is 0. The Hall–Kier alpha value is -0.296. The van der Waals surface area contributed by atoms with Crippen LogP contribution < -0.4 is 5.32 Å². The van der Waals surface area contributed by atoms with Crippen molar-refractivity contribution in [1.82, 2.24) is 5.32 Å². The van der Waals surface area contributed by atoms with Gasteiger partial charge in [-0.15, -0.1) is 0 Å². The number of hydrogen-bond acceptors (Lipinski definition) is 6. The van der Waals surface area contributed by atoms with Gasteiger partial charge in [-0.2, -0.15) is 0 Å². The van der Waals surface area contributed by atoms with Gasteiger partial charge >= 0.3 is 0 Å². The summed E-state index contributed by atoms with van der Waals surface area (Å²) in [6.45, 7) is 35.8. The second kappa shape index (κ2) is 42.5. The van der Waals surface area contributed by atoms with Crippen molar-refractivity contribution in [2.45, 2.75) is 381 Å². The van der Waals surface area contributed by atoms with Gasteiger partial charge in [0.2, 0.25) is 5.91 Å². The minimum atomic E-state index is -2.36. The summed E-state index contributed by atoms with van der Waals surface area (Å²) in [7, 11) is -2.87. The van der Waals surface area contributed by atoms with E-state index in [1.54, 1.807) is 7.11 Å². The van der Waals surface area contributed by atoms with Crippen molar-refractivity contribution in [2.75, 3.05) is 20.3 Å². The van der Waals surface area contributed by atoms with Gasteiger partial charge in [0.15, 0.2) is 22.9 Å². The summed E-state index contributed by atoms with van der Waals surface area (Å²) in [5, 5.41) is 3.61. The number of nitrogens with one attached hydrogen (secondary N) is 1. The zero-order valence-electron chi connectivity index (χ0n) is 53.6. The molecular formula is C66H135NO6Si2. The molecule has 1 amide bonds. The fraction of sp³-hybridized carbons (Fsp3) is 0.985. The first kappa shape index (κ1) is 72.7. The number of carbonyl (C=O) groups excluding carboxylic acids is 1. The molecule has 2 unspecified atom stereocenters. The molecule has 0 aromatic rings. The molecule has 1 aliphatic heterocycles. The van der Waals surface area contributed by atoms with E-state index in [-0.39, 0.29) is 46.3 Å². The number of methoxy groups -OCH3 is 1. The molecule has 0 saturated carbocycles. The van der Waals surface area contributed by atoms with E-state index in [2.05, 4.69) is 108 Å². The zero-order valence-corrected chi connectivity index (χ0v) is 55.6. The van der Waals surface area contributed by atoms with E-state index < -0.39 is 22.9 Å². The van der Waals surface area contributed by atoms with E-state index >= 15 is 0 Å². The second-order valence-electron chi connectivity index (χ2n) is 27.5. The van der Waals surface area contributed by atoms with Crippen LogP contribution in [-0.4, -0.2) is 73.5 Å². The maximum Gasteiger partial charge on any atom is 0.220 e. The lowest BCUT2D eigenvalue weighted by Crippen LogP contribution is -2.60. The molecule has 1 fully saturated rings.